The smallest absolute Gasteiger partial charge is 0.414 e. The summed E-state index contributed by atoms with van der Waals surface area (Å²) in [6.07, 6.45) is 1.73. The Morgan fingerprint density at radius 2 is 2.04 bits per heavy atom. The van der Waals surface area contributed by atoms with Gasteiger partial charge in [-0.15, -0.1) is 0 Å². The third-order valence-electron chi connectivity index (χ3n) is 3.93. The van der Waals surface area contributed by atoms with Crippen molar-refractivity contribution in [3.05, 3.63) is 29.8 Å². The molecule has 0 atom stereocenters. The van der Waals surface area contributed by atoms with Crippen molar-refractivity contribution in [3.63, 3.8) is 0 Å². The minimum atomic E-state index is -0.309. The maximum Gasteiger partial charge on any atom is 0.414 e. The lowest BCUT2D eigenvalue weighted by Crippen LogP contribution is -2.43. The van der Waals surface area contributed by atoms with Gasteiger partial charge in [0.2, 0.25) is 5.91 Å². The SMILES string of the molecule is CSCCNC(=NCc1ccc(N2CCOC2=O)cc1)NCC(=O)N(C)C. The van der Waals surface area contributed by atoms with E-state index in [-0.39, 0.29) is 18.5 Å². The van der Waals surface area contributed by atoms with E-state index in [1.54, 1.807) is 30.8 Å². The van der Waals surface area contributed by atoms with Crippen LogP contribution >= 0.6 is 11.8 Å². The van der Waals surface area contributed by atoms with Gasteiger partial charge in [-0.3, -0.25) is 9.69 Å². The quantitative estimate of drug-likeness (QED) is 0.391. The summed E-state index contributed by atoms with van der Waals surface area (Å²) < 4.78 is 4.95. The third-order valence-corrected chi connectivity index (χ3v) is 4.55. The summed E-state index contributed by atoms with van der Waals surface area (Å²) in [7, 11) is 3.44. The van der Waals surface area contributed by atoms with Gasteiger partial charge < -0.3 is 20.3 Å². The van der Waals surface area contributed by atoms with Gasteiger partial charge in [-0.05, 0) is 24.0 Å². The number of carbonyl (C=O) groups excluding carboxylic acids is 2. The summed E-state index contributed by atoms with van der Waals surface area (Å²) in [6.45, 7) is 2.42. The molecule has 0 radical (unpaired) electrons. The van der Waals surface area contributed by atoms with Crippen molar-refractivity contribution < 1.29 is 14.3 Å². The number of thioether (sulfide) groups is 1. The van der Waals surface area contributed by atoms with Gasteiger partial charge in [-0.2, -0.15) is 11.8 Å². The summed E-state index contributed by atoms with van der Waals surface area (Å²) in [5, 5.41) is 6.29. The summed E-state index contributed by atoms with van der Waals surface area (Å²) >= 11 is 1.74. The van der Waals surface area contributed by atoms with E-state index in [0.29, 0.717) is 25.7 Å². The Balaban J connectivity index is 1.96. The zero-order chi connectivity index (χ0) is 19.6. The second-order valence-electron chi connectivity index (χ2n) is 6.16. The Morgan fingerprint density at radius 1 is 1.30 bits per heavy atom. The van der Waals surface area contributed by atoms with Crippen LogP contribution in [0.2, 0.25) is 0 Å². The van der Waals surface area contributed by atoms with Crippen LogP contribution in [-0.2, 0) is 16.1 Å². The number of anilines is 1. The topological polar surface area (TPSA) is 86.3 Å². The lowest BCUT2D eigenvalue weighted by atomic mass is 10.2. The van der Waals surface area contributed by atoms with Gasteiger partial charge in [-0.1, -0.05) is 12.1 Å². The van der Waals surface area contributed by atoms with Crippen LogP contribution < -0.4 is 15.5 Å². The molecule has 1 aliphatic rings. The van der Waals surface area contributed by atoms with E-state index >= 15 is 0 Å². The zero-order valence-electron chi connectivity index (χ0n) is 16.0. The number of nitrogens with one attached hydrogen (secondary N) is 2. The predicted molar refractivity (Wildman–Crippen MR) is 109 cm³/mol. The van der Waals surface area contributed by atoms with Gasteiger partial charge in [0.25, 0.3) is 0 Å². The molecule has 9 heteroatoms. The van der Waals surface area contributed by atoms with Crippen molar-refractivity contribution in [2.45, 2.75) is 6.54 Å². The third kappa shape index (κ3) is 6.67. The van der Waals surface area contributed by atoms with Crippen LogP contribution in [0.4, 0.5) is 10.5 Å². The molecule has 27 heavy (non-hydrogen) atoms. The van der Waals surface area contributed by atoms with Crippen LogP contribution in [0.5, 0.6) is 0 Å². The molecule has 1 fully saturated rings. The number of benzene rings is 1. The molecule has 148 valence electrons. The molecule has 0 bridgehead atoms. The Bertz CT molecular complexity index is 663. The Morgan fingerprint density at radius 3 is 2.63 bits per heavy atom. The molecule has 2 N–H and O–H groups in total. The number of rotatable bonds is 8. The van der Waals surface area contributed by atoms with Crippen molar-refractivity contribution in [3.8, 4) is 0 Å². The molecule has 2 amide bonds. The summed E-state index contributed by atoms with van der Waals surface area (Å²) in [6, 6.07) is 7.66. The molecule has 1 aromatic carbocycles. The minimum absolute atomic E-state index is 0.0174. The van der Waals surface area contributed by atoms with Crippen LogP contribution in [0.15, 0.2) is 29.3 Å². The maximum atomic E-state index is 11.8. The van der Waals surface area contributed by atoms with Gasteiger partial charge >= 0.3 is 6.09 Å². The molecule has 1 heterocycles. The summed E-state index contributed by atoms with van der Waals surface area (Å²) in [4.78, 5) is 31.1. The Labute approximate surface area is 164 Å². The van der Waals surface area contributed by atoms with Gasteiger partial charge in [0.1, 0.15) is 6.61 Å². The second-order valence-corrected chi connectivity index (χ2v) is 7.14. The maximum absolute atomic E-state index is 11.8. The lowest BCUT2D eigenvalue weighted by molar-refractivity contribution is -0.127. The monoisotopic (exact) mass is 393 g/mol. The highest BCUT2D eigenvalue weighted by atomic mass is 32.2. The zero-order valence-corrected chi connectivity index (χ0v) is 16.8. The van der Waals surface area contributed by atoms with Gasteiger partial charge in [-0.25, -0.2) is 9.79 Å². The molecule has 0 aliphatic carbocycles. The fourth-order valence-corrected chi connectivity index (χ4v) is 2.65. The van der Waals surface area contributed by atoms with Gasteiger partial charge in [0.05, 0.1) is 19.6 Å². The molecule has 8 nitrogen and oxygen atoms in total. The Hall–Kier alpha value is -2.42. The van der Waals surface area contributed by atoms with Crippen LogP contribution in [0.25, 0.3) is 0 Å². The fraction of sp³-hybridized carbons (Fsp3) is 0.500. The van der Waals surface area contributed by atoms with Crippen molar-refractivity contribution >= 4 is 35.4 Å². The van der Waals surface area contributed by atoms with Crippen molar-refractivity contribution in [2.24, 2.45) is 4.99 Å². The van der Waals surface area contributed by atoms with Crippen LogP contribution in [0.1, 0.15) is 5.56 Å². The highest BCUT2D eigenvalue weighted by molar-refractivity contribution is 7.98. The van der Waals surface area contributed by atoms with Gasteiger partial charge in [0, 0.05) is 32.1 Å². The fourth-order valence-electron chi connectivity index (χ4n) is 2.34. The molecule has 0 unspecified atom stereocenters. The molecule has 2 rings (SSSR count). The van der Waals surface area contributed by atoms with Crippen molar-refractivity contribution in [2.75, 3.05) is 57.2 Å². The number of amides is 2. The number of likely N-dealkylation sites (N-methyl/N-ethyl adjacent to an activating group) is 1. The number of guanidine groups is 1. The average molecular weight is 394 g/mol. The number of nitrogens with zero attached hydrogens (tertiary/aromatic N) is 3. The first-order valence-electron chi connectivity index (χ1n) is 8.75. The normalized spacial score (nSPS) is 14.1. The van der Waals surface area contributed by atoms with E-state index < -0.39 is 0 Å². The summed E-state index contributed by atoms with van der Waals surface area (Å²) in [5.41, 5.74) is 1.83. The highest BCUT2D eigenvalue weighted by Crippen LogP contribution is 2.19. The molecule has 0 saturated carbocycles. The van der Waals surface area contributed by atoms with Gasteiger partial charge in [0.15, 0.2) is 5.96 Å². The minimum Gasteiger partial charge on any atom is -0.447 e. The van der Waals surface area contributed by atoms with Crippen LogP contribution in [0, 0.1) is 0 Å². The number of aliphatic imine (C=N–C) groups is 1. The molecule has 1 saturated heterocycles. The number of hydrogen-bond donors (Lipinski definition) is 2. The van der Waals surface area contributed by atoms with Crippen LogP contribution in [0.3, 0.4) is 0 Å². The second kappa shape index (κ2) is 10.7. The summed E-state index contributed by atoms with van der Waals surface area (Å²) in [5.74, 6) is 1.53. The molecular weight excluding hydrogens is 366 g/mol. The first-order chi connectivity index (χ1) is 13.0. The first-order valence-corrected chi connectivity index (χ1v) is 10.1. The molecule has 0 spiro atoms. The largest absolute Gasteiger partial charge is 0.447 e. The first kappa shape index (κ1) is 20.9. The van der Waals surface area contributed by atoms with E-state index in [0.717, 1.165) is 23.5 Å². The van der Waals surface area contributed by atoms with E-state index in [1.807, 2.05) is 30.5 Å². The highest BCUT2D eigenvalue weighted by Gasteiger charge is 2.23. The van der Waals surface area contributed by atoms with Crippen LogP contribution in [-0.4, -0.2) is 75.2 Å². The molecule has 1 aromatic rings. The number of cyclic esters (lactones) is 1. The number of ether oxygens (including phenoxy) is 1. The van der Waals surface area contributed by atoms with E-state index in [2.05, 4.69) is 15.6 Å². The van der Waals surface area contributed by atoms with E-state index in [1.165, 1.54) is 4.90 Å². The number of hydrogen-bond acceptors (Lipinski definition) is 5. The van der Waals surface area contributed by atoms with E-state index in [9.17, 15) is 9.59 Å². The lowest BCUT2D eigenvalue weighted by Gasteiger charge is -2.15. The molecule has 1 aliphatic heterocycles. The Kier molecular flexibility index (Phi) is 8.25. The average Bonchev–Trinajstić information content (AvgIpc) is 3.09. The van der Waals surface area contributed by atoms with Crippen molar-refractivity contribution in [1.29, 1.82) is 0 Å². The molecular formula is C18H27N5O3S. The van der Waals surface area contributed by atoms with E-state index in [4.69, 9.17) is 4.74 Å². The number of carbonyl (C=O) groups is 2. The predicted octanol–water partition coefficient (Wildman–Crippen LogP) is 1.13. The standard InChI is InChI=1S/C18H27N5O3S/c1-22(2)16(24)13-21-17(19-8-11-27-3)20-12-14-4-6-15(7-5-14)23-9-10-26-18(23)25/h4-7H,8-13H2,1-3H3,(H2,19,20,21). The van der Waals surface area contributed by atoms with Crippen molar-refractivity contribution in [1.82, 2.24) is 15.5 Å². The molecule has 0 aromatic heterocycles.